The van der Waals surface area contributed by atoms with Gasteiger partial charge in [0.2, 0.25) is 5.91 Å². The molecule has 136 valence electrons. The summed E-state index contributed by atoms with van der Waals surface area (Å²) >= 11 is 5.83. The lowest BCUT2D eigenvalue weighted by molar-refractivity contribution is -0.121. The van der Waals surface area contributed by atoms with Crippen LogP contribution >= 0.6 is 11.6 Å². The molecule has 7 heteroatoms. The van der Waals surface area contributed by atoms with Crippen LogP contribution in [0.1, 0.15) is 11.1 Å². The molecule has 0 atom stereocenters. The van der Waals surface area contributed by atoms with Gasteiger partial charge in [0.05, 0.1) is 0 Å². The molecule has 5 nitrogen and oxygen atoms in total. The topological polar surface area (TPSA) is 52.7 Å². The molecule has 0 aromatic heterocycles. The lowest BCUT2D eigenvalue weighted by Crippen LogP contribution is -2.39. The third-order valence-electron chi connectivity index (χ3n) is 4.20. The first-order valence-electron chi connectivity index (χ1n) is 8.31. The Hall–Kier alpha value is -2.60. The molecule has 3 rings (SSSR count). The lowest BCUT2D eigenvalue weighted by atomic mass is 10.2. The molecule has 1 saturated heterocycles. The number of carbonyl (C=O) groups is 2. The number of hydrogen-bond donors (Lipinski definition) is 1. The summed E-state index contributed by atoms with van der Waals surface area (Å²) in [7, 11) is 0. The molecule has 0 aliphatic carbocycles. The Balaban J connectivity index is 1.47. The molecule has 3 amide bonds. The minimum Gasteiger partial charge on any atom is -0.350 e. The quantitative estimate of drug-likeness (QED) is 0.843. The average Bonchev–Trinajstić information content (AvgIpc) is 2.96. The molecule has 2 aromatic carbocycles. The Morgan fingerprint density at radius 1 is 1.00 bits per heavy atom. The van der Waals surface area contributed by atoms with Crippen LogP contribution in [0.2, 0.25) is 5.02 Å². The van der Waals surface area contributed by atoms with Crippen LogP contribution in [0.15, 0.2) is 48.5 Å². The summed E-state index contributed by atoms with van der Waals surface area (Å²) in [6.07, 6.45) is 0. The van der Waals surface area contributed by atoms with E-state index in [9.17, 15) is 14.0 Å². The Kier molecular flexibility index (Phi) is 5.73. The smallest absolute Gasteiger partial charge is 0.320 e. The molecule has 0 radical (unpaired) electrons. The molecule has 1 aliphatic rings. The summed E-state index contributed by atoms with van der Waals surface area (Å²) in [5.41, 5.74) is 1.79. The third kappa shape index (κ3) is 4.73. The number of halogens is 2. The fourth-order valence-corrected chi connectivity index (χ4v) is 2.89. The van der Waals surface area contributed by atoms with E-state index in [2.05, 4.69) is 5.32 Å². The Bertz CT molecular complexity index is 780. The monoisotopic (exact) mass is 375 g/mol. The van der Waals surface area contributed by atoms with Crippen LogP contribution in [-0.4, -0.2) is 41.4 Å². The van der Waals surface area contributed by atoms with E-state index in [0.29, 0.717) is 31.2 Å². The van der Waals surface area contributed by atoms with Gasteiger partial charge in [0.15, 0.2) is 0 Å². The van der Waals surface area contributed by atoms with Crippen molar-refractivity contribution in [1.82, 2.24) is 15.1 Å². The lowest BCUT2D eigenvalue weighted by Gasteiger charge is -2.18. The standard InChI is InChI=1S/C19H19ClFN3O2/c20-16-5-1-14(2-6-16)11-22-18(25)13-24-10-9-23(19(24)26)12-15-3-7-17(21)8-4-15/h1-8H,9-13H2,(H,22,25). The minimum absolute atomic E-state index is 0.0202. The van der Waals surface area contributed by atoms with Gasteiger partial charge in [-0.1, -0.05) is 35.9 Å². The highest BCUT2D eigenvalue weighted by atomic mass is 35.5. The molecule has 1 aliphatic heterocycles. The van der Waals surface area contributed by atoms with Crippen molar-refractivity contribution in [3.05, 3.63) is 70.5 Å². The zero-order valence-electron chi connectivity index (χ0n) is 14.1. The maximum atomic E-state index is 13.0. The Labute approximate surface area is 156 Å². The second-order valence-corrected chi connectivity index (χ2v) is 6.59. The number of amides is 3. The highest BCUT2D eigenvalue weighted by Gasteiger charge is 2.29. The predicted octanol–water partition coefficient (Wildman–Crippen LogP) is 3.03. The van der Waals surface area contributed by atoms with Gasteiger partial charge in [0.1, 0.15) is 12.4 Å². The van der Waals surface area contributed by atoms with Crippen molar-refractivity contribution < 1.29 is 14.0 Å². The number of nitrogens with one attached hydrogen (secondary N) is 1. The van der Waals surface area contributed by atoms with Gasteiger partial charge >= 0.3 is 6.03 Å². The van der Waals surface area contributed by atoms with E-state index < -0.39 is 0 Å². The fourth-order valence-electron chi connectivity index (χ4n) is 2.77. The van der Waals surface area contributed by atoms with Gasteiger partial charge in [0.25, 0.3) is 0 Å². The van der Waals surface area contributed by atoms with E-state index in [1.807, 2.05) is 12.1 Å². The van der Waals surface area contributed by atoms with Crippen molar-refractivity contribution in [2.45, 2.75) is 13.1 Å². The molecular formula is C19H19ClFN3O2. The number of carbonyl (C=O) groups excluding carboxylic acids is 2. The molecule has 0 saturated carbocycles. The van der Waals surface area contributed by atoms with Gasteiger partial charge in [-0.25, -0.2) is 9.18 Å². The van der Waals surface area contributed by atoms with Gasteiger partial charge in [-0.3, -0.25) is 4.79 Å². The number of urea groups is 1. The summed E-state index contributed by atoms with van der Waals surface area (Å²) < 4.78 is 13.0. The fraction of sp³-hybridized carbons (Fsp3) is 0.263. The molecule has 0 bridgehead atoms. The Morgan fingerprint density at radius 2 is 1.62 bits per heavy atom. The maximum Gasteiger partial charge on any atom is 0.320 e. The van der Waals surface area contributed by atoms with Gasteiger partial charge in [-0.2, -0.15) is 0 Å². The maximum absolute atomic E-state index is 13.0. The molecule has 0 unspecified atom stereocenters. The van der Waals surface area contributed by atoms with E-state index in [1.165, 1.54) is 17.0 Å². The van der Waals surface area contributed by atoms with Crippen molar-refractivity contribution in [2.24, 2.45) is 0 Å². The molecule has 1 fully saturated rings. The van der Waals surface area contributed by atoms with Crippen molar-refractivity contribution in [3.63, 3.8) is 0 Å². The van der Waals surface area contributed by atoms with Crippen LogP contribution < -0.4 is 5.32 Å². The van der Waals surface area contributed by atoms with Crippen LogP contribution in [0.3, 0.4) is 0 Å². The molecule has 26 heavy (non-hydrogen) atoms. The van der Waals surface area contributed by atoms with Crippen LogP contribution in [0, 0.1) is 5.82 Å². The van der Waals surface area contributed by atoms with E-state index in [1.54, 1.807) is 29.2 Å². The van der Waals surface area contributed by atoms with E-state index in [0.717, 1.165) is 11.1 Å². The summed E-state index contributed by atoms with van der Waals surface area (Å²) in [5.74, 6) is -0.516. The first kappa shape index (κ1) is 18.2. The van der Waals surface area contributed by atoms with Gasteiger partial charge < -0.3 is 15.1 Å². The second-order valence-electron chi connectivity index (χ2n) is 6.16. The van der Waals surface area contributed by atoms with E-state index in [-0.39, 0.29) is 24.3 Å². The van der Waals surface area contributed by atoms with E-state index >= 15 is 0 Å². The molecule has 1 heterocycles. The Morgan fingerprint density at radius 3 is 2.31 bits per heavy atom. The first-order valence-corrected chi connectivity index (χ1v) is 8.68. The zero-order chi connectivity index (χ0) is 18.5. The number of hydrogen-bond acceptors (Lipinski definition) is 2. The average molecular weight is 376 g/mol. The van der Waals surface area contributed by atoms with Crippen LogP contribution in [0.5, 0.6) is 0 Å². The number of rotatable bonds is 6. The minimum atomic E-state index is -0.305. The molecule has 0 spiro atoms. The molecule has 2 aromatic rings. The first-order chi connectivity index (χ1) is 12.5. The van der Waals surface area contributed by atoms with Crippen molar-refractivity contribution in [3.8, 4) is 0 Å². The number of benzene rings is 2. The summed E-state index contributed by atoms with van der Waals surface area (Å²) in [4.78, 5) is 27.7. The number of nitrogens with zero attached hydrogens (tertiary/aromatic N) is 2. The van der Waals surface area contributed by atoms with Crippen molar-refractivity contribution >= 4 is 23.5 Å². The van der Waals surface area contributed by atoms with Crippen molar-refractivity contribution in [2.75, 3.05) is 19.6 Å². The van der Waals surface area contributed by atoms with Crippen molar-refractivity contribution in [1.29, 1.82) is 0 Å². The normalized spacial score (nSPS) is 14.0. The van der Waals surface area contributed by atoms with Crippen LogP contribution in [-0.2, 0) is 17.9 Å². The second kappa shape index (κ2) is 8.19. The van der Waals surface area contributed by atoms with Gasteiger partial charge in [0, 0.05) is 31.2 Å². The highest BCUT2D eigenvalue weighted by Crippen LogP contribution is 2.14. The van der Waals surface area contributed by atoms with Gasteiger partial charge in [-0.05, 0) is 35.4 Å². The predicted molar refractivity (Wildman–Crippen MR) is 97.1 cm³/mol. The summed E-state index contributed by atoms with van der Waals surface area (Å²) in [5, 5.41) is 3.44. The molecular weight excluding hydrogens is 357 g/mol. The van der Waals surface area contributed by atoms with Crippen LogP contribution in [0.4, 0.5) is 9.18 Å². The van der Waals surface area contributed by atoms with Gasteiger partial charge in [-0.15, -0.1) is 0 Å². The highest BCUT2D eigenvalue weighted by molar-refractivity contribution is 6.30. The largest absolute Gasteiger partial charge is 0.350 e. The van der Waals surface area contributed by atoms with Crippen LogP contribution in [0.25, 0.3) is 0 Å². The zero-order valence-corrected chi connectivity index (χ0v) is 14.9. The SMILES string of the molecule is O=C(CN1CCN(Cc2ccc(F)cc2)C1=O)NCc1ccc(Cl)cc1. The summed E-state index contributed by atoms with van der Waals surface area (Å²) in [6, 6.07) is 13.1. The third-order valence-corrected chi connectivity index (χ3v) is 4.46. The molecule has 1 N–H and O–H groups in total. The van der Waals surface area contributed by atoms with E-state index in [4.69, 9.17) is 11.6 Å². The summed E-state index contributed by atoms with van der Waals surface area (Å²) in [6.45, 7) is 1.85.